The fourth-order valence-corrected chi connectivity index (χ4v) is 2.06. The summed E-state index contributed by atoms with van der Waals surface area (Å²) in [5.74, 6) is -0.511. The van der Waals surface area contributed by atoms with E-state index < -0.39 is 11.5 Å². The topological polar surface area (TPSA) is 79.4 Å². The van der Waals surface area contributed by atoms with Crippen molar-refractivity contribution in [3.05, 3.63) is 29.6 Å². The number of carbonyl (C=O) groups is 1. The molecule has 1 saturated heterocycles. The third-order valence-corrected chi connectivity index (χ3v) is 2.65. The Morgan fingerprint density at radius 2 is 2.38 bits per heavy atom. The molecule has 1 fully saturated rings. The number of hydrogen-bond acceptors (Lipinski definition) is 4. The summed E-state index contributed by atoms with van der Waals surface area (Å²) in [7, 11) is 0. The molecule has 0 aromatic carbocycles. The molecular formula is C11H15N3O2. The lowest BCUT2D eigenvalue weighted by Gasteiger charge is -2.44. The van der Waals surface area contributed by atoms with Gasteiger partial charge >= 0.3 is 0 Å². The van der Waals surface area contributed by atoms with Crippen molar-refractivity contribution in [1.82, 2.24) is 9.88 Å². The number of aromatic nitrogens is 1. The van der Waals surface area contributed by atoms with Crippen LogP contribution in [0, 0.1) is 0 Å². The molecule has 1 amide bonds. The third-order valence-electron chi connectivity index (χ3n) is 2.65. The molecule has 1 aromatic rings. The van der Waals surface area contributed by atoms with Crippen LogP contribution in [-0.2, 0) is 6.54 Å². The number of amides is 1. The second-order valence-electron chi connectivity index (χ2n) is 4.52. The van der Waals surface area contributed by atoms with Crippen LogP contribution in [0.3, 0.4) is 0 Å². The maximum Gasteiger partial charge on any atom is 0.267 e. The minimum atomic E-state index is -0.602. The van der Waals surface area contributed by atoms with Crippen molar-refractivity contribution in [2.45, 2.75) is 19.1 Å². The van der Waals surface area contributed by atoms with E-state index in [9.17, 15) is 9.90 Å². The summed E-state index contributed by atoms with van der Waals surface area (Å²) in [5.41, 5.74) is 5.76. The Morgan fingerprint density at radius 3 is 2.94 bits per heavy atom. The van der Waals surface area contributed by atoms with E-state index in [2.05, 4.69) is 4.98 Å². The Balaban J connectivity index is 2.08. The number of nitrogens with zero attached hydrogens (tertiary/aromatic N) is 2. The first-order chi connectivity index (χ1) is 7.48. The van der Waals surface area contributed by atoms with Crippen molar-refractivity contribution in [1.29, 1.82) is 0 Å². The lowest BCUT2D eigenvalue weighted by atomic mass is 9.96. The molecule has 0 bridgehead atoms. The molecule has 1 aliphatic rings. The minimum absolute atomic E-state index is 0.314. The molecule has 1 aromatic heterocycles. The molecule has 0 spiro atoms. The van der Waals surface area contributed by atoms with Crippen LogP contribution in [0.25, 0.3) is 0 Å². The maximum atomic E-state index is 11.1. The summed E-state index contributed by atoms with van der Waals surface area (Å²) in [6, 6.07) is 3.61. The molecule has 3 N–H and O–H groups in total. The van der Waals surface area contributed by atoms with E-state index in [4.69, 9.17) is 5.73 Å². The van der Waals surface area contributed by atoms with E-state index in [1.165, 1.54) is 0 Å². The largest absolute Gasteiger partial charge is 0.388 e. The Morgan fingerprint density at radius 1 is 1.69 bits per heavy atom. The van der Waals surface area contributed by atoms with E-state index in [1.54, 1.807) is 19.2 Å². The second-order valence-corrected chi connectivity index (χ2v) is 4.52. The molecule has 0 atom stereocenters. The van der Waals surface area contributed by atoms with E-state index in [0.29, 0.717) is 25.3 Å². The van der Waals surface area contributed by atoms with Gasteiger partial charge in [-0.25, -0.2) is 0 Å². The Hall–Kier alpha value is -1.46. The number of pyridine rings is 1. The van der Waals surface area contributed by atoms with Crippen LogP contribution in [0.5, 0.6) is 0 Å². The second kappa shape index (κ2) is 3.84. The fourth-order valence-electron chi connectivity index (χ4n) is 2.06. The molecule has 1 aliphatic heterocycles. The van der Waals surface area contributed by atoms with E-state index in [0.717, 1.165) is 5.56 Å². The van der Waals surface area contributed by atoms with Crippen LogP contribution < -0.4 is 5.73 Å². The number of β-amino-alcohol motifs (C(OH)–C–C–N with tert-alkyl or cyclic N) is 1. The number of rotatable bonds is 3. The number of likely N-dealkylation sites (tertiary alicyclic amines) is 1. The fraction of sp³-hybridized carbons (Fsp3) is 0.455. The highest BCUT2D eigenvalue weighted by Gasteiger charge is 2.36. The quantitative estimate of drug-likeness (QED) is 0.737. The van der Waals surface area contributed by atoms with E-state index in [-0.39, 0.29) is 0 Å². The highest BCUT2D eigenvalue weighted by atomic mass is 16.3. The first-order valence-electron chi connectivity index (χ1n) is 5.16. The van der Waals surface area contributed by atoms with Crippen LogP contribution >= 0.6 is 0 Å². The molecule has 16 heavy (non-hydrogen) atoms. The van der Waals surface area contributed by atoms with Gasteiger partial charge in [0.2, 0.25) is 0 Å². The van der Waals surface area contributed by atoms with Gasteiger partial charge in [-0.3, -0.25) is 14.7 Å². The molecule has 0 radical (unpaired) electrons. The Kier molecular flexibility index (Phi) is 2.65. The van der Waals surface area contributed by atoms with Crippen molar-refractivity contribution in [3.63, 3.8) is 0 Å². The van der Waals surface area contributed by atoms with E-state index in [1.807, 2.05) is 11.0 Å². The van der Waals surface area contributed by atoms with E-state index >= 15 is 0 Å². The molecule has 0 aliphatic carbocycles. The van der Waals surface area contributed by atoms with Crippen molar-refractivity contribution >= 4 is 5.91 Å². The lowest BCUT2D eigenvalue weighted by Crippen LogP contribution is -2.59. The number of carbonyl (C=O) groups excluding carboxylic acids is 1. The average molecular weight is 221 g/mol. The monoisotopic (exact) mass is 221 g/mol. The van der Waals surface area contributed by atoms with Crippen LogP contribution in [0.4, 0.5) is 0 Å². The SMILES string of the molecule is CC1(O)CN(Cc2cccnc2C(N)=O)C1. The lowest BCUT2D eigenvalue weighted by molar-refractivity contribution is -0.0871. The van der Waals surface area contributed by atoms with Crippen LogP contribution in [0.15, 0.2) is 18.3 Å². The molecular weight excluding hydrogens is 206 g/mol. The number of nitrogens with two attached hydrogens (primary N) is 1. The highest BCUT2D eigenvalue weighted by Crippen LogP contribution is 2.22. The zero-order valence-corrected chi connectivity index (χ0v) is 9.18. The molecule has 2 heterocycles. The Labute approximate surface area is 93.9 Å². The molecule has 5 heteroatoms. The van der Waals surface area contributed by atoms with Crippen LogP contribution in [0.1, 0.15) is 23.0 Å². The van der Waals surface area contributed by atoms with Gasteiger partial charge < -0.3 is 10.8 Å². The van der Waals surface area contributed by atoms with Gasteiger partial charge in [-0.1, -0.05) is 6.07 Å². The predicted octanol–water partition coefficient (Wildman–Crippen LogP) is -0.253. The van der Waals surface area contributed by atoms with Crippen molar-refractivity contribution < 1.29 is 9.90 Å². The zero-order valence-electron chi connectivity index (χ0n) is 9.18. The van der Waals surface area contributed by atoms with Gasteiger partial charge in [-0.2, -0.15) is 0 Å². The summed E-state index contributed by atoms with van der Waals surface area (Å²) in [5, 5.41) is 9.59. The smallest absolute Gasteiger partial charge is 0.267 e. The van der Waals surface area contributed by atoms with Crippen molar-refractivity contribution in [3.8, 4) is 0 Å². The maximum absolute atomic E-state index is 11.1. The van der Waals surface area contributed by atoms with Gasteiger partial charge in [-0.15, -0.1) is 0 Å². The normalized spacial score (nSPS) is 19.1. The molecule has 0 unspecified atom stereocenters. The number of hydrogen-bond donors (Lipinski definition) is 2. The molecule has 86 valence electrons. The van der Waals surface area contributed by atoms with Gasteiger partial charge in [0.25, 0.3) is 5.91 Å². The van der Waals surface area contributed by atoms with Crippen molar-refractivity contribution in [2.24, 2.45) is 5.73 Å². The van der Waals surface area contributed by atoms with Crippen LogP contribution in [0.2, 0.25) is 0 Å². The summed E-state index contributed by atoms with van der Waals surface area (Å²) in [6.45, 7) is 3.62. The third kappa shape index (κ3) is 2.20. The standard InChI is InChI=1S/C11H15N3O2/c1-11(16)6-14(7-11)5-8-3-2-4-13-9(8)10(12)15/h2-4,16H,5-7H2,1H3,(H2,12,15). The molecule has 0 saturated carbocycles. The predicted molar refractivity (Wildman–Crippen MR) is 58.7 cm³/mol. The molecule has 5 nitrogen and oxygen atoms in total. The Bertz CT molecular complexity index is 409. The van der Waals surface area contributed by atoms with Gasteiger partial charge in [-0.05, 0) is 18.6 Å². The number of aliphatic hydroxyl groups is 1. The summed E-state index contributed by atoms with van der Waals surface area (Å²) < 4.78 is 0. The summed E-state index contributed by atoms with van der Waals surface area (Å²) >= 11 is 0. The zero-order chi connectivity index (χ0) is 11.8. The summed E-state index contributed by atoms with van der Waals surface area (Å²) in [6.07, 6.45) is 1.55. The first-order valence-corrected chi connectivity index (χ1v) is 5.16. The van der Waals surface area contributed by atoms with Gasteiger partial charge in [0.1, 0.15) is 5.69 Å². The number of primary amides is 1. The van der Waals surface area contributed by atoms with Crippen molar-refractivity contribution in [2.75, 3.05) is 13.1 Å². The average Bonchev–Trinajstić information content (AvgIpc) is 2.15. The molecule has 2 rings (SSSR count). The highest BCUT2D eigenvalue weighted by molar-refractivity contribution is 5.92. The minimum Gasteiger partial charge on any atom is -0.388 e. The summed E-state index contributed by atoms with van der Waals surface area (Å²) in [4.78, 5) is 17.1. The van der Waals surface area contributed by atoms with Gasteiger partial charge in [0.05, 0.1) is 5.60 Å². The first kappa shape index (κ1) is 11.0. The van der Waals surface area contributed by atoms with Gasteiger partial charge in [0.15, 0.2) is 0 Å². The van der Waals surface area contributed by atoms with Gasteiger partial charge in [0, 0.05) is 25.8 Å². The van der Waals surface area contributed by atoms with Crippen LogP contribution in [-0.4, -0.2) is 39.6 Å².